The monoisotopic (exact) mass is 229 g/mol. The summed E-state index contributed by atoms with van der Waals surface area (Å²) in [6.45, 7) is 0. The number of sulfone groups is 1. The minimum atomic E-state index is -3.35. The Morgan fingerprint density at radius 2 is 2.00 bits per heavy atom. The SMILES string of the molecule is N#CCS(=O)(=O)Cc1ccccc1Cl. The van der Waals surface area contributed by atoms with Gasteiger partial charge in [-0.15, -0.1) is 0 Å². The topological polar surface area (TPSA) is 57.9 Å². The van der Waals surface area contributed by atoms with Crippen LogP contribution in [0.25, 0.3) is 0 Å². The molecule has 3 nitrogen and oxygen atoms in total. The third-order valence-electron chi connectivity index (χ3n) is 1.62. The molecule has 0 heterocycles. The van der Waals surface area contributed by atoms with Gasteiger partial charge in [0.15, 0.2) is 9.84 Å². The number of rotatable bonds is 3. The molecule has 5 heteroatoms. The van der Waals surface area contributed by atoms with Gasteiger partial charge in [-0.2, -0.15) is 5.26 Å². The van der Waals surface area contributed by atoms with Crippen LogP contribution in [-0.4, -0.2) is 14.2 Å². The molecule has 0 saturated carbocycles. The molecule has 0 bridgehead atoms. The molecule has 74 valence electrons. The molecule has 1 aromatic carbocycles. The Kier molecular flexibility index (Phi) is 3.50. The Morgan fingerprint density at radius 1 is 1.36 bits per heavy atom. The fourth-order valence-corrected chi connectivity index (χ4v) is 2.31. The van der Waals surface area contributed by atoms with E-state index in [1.165, 1.54) is 0 Å². The van der Waals surface area contributed by atoms with Gasteiger partial charge in [0.2, 0.25) is 0 Å². The van der Waals surface area contributed by atoms with Crippen molar-refractivity contribution in [2.45, 2.75) is 5.75 Å². The predicted molar refractivity (Wildman–Crippen MR) is 54.6 cm³/mol. The number of benzene rings is 1. The fourth-order valence-electron chi connectivity index (χ4n) is 1.00. The third-order valence-corrected chi connectivity index (χ3v) is 3.31. The highest BCUT2D eigenvalue weighted by Crippen LogP contribution is 2.17. The van der Waals surface area contributed by atoms with Gasteiger partial charge in [-0.25, -0.2) is 8.42 Å². The van der Waals surface area contributed by atoms with Crippen molar-refractivity contribution >= 4 is 21.4 Å². The molecule has 0 aliphatic heterocycles. The van der Waals surface area contributed by atoms with Crippen LogP contribution in [0, 0.1) is 11.3 Å². The van der Waals surface area contributed by atoms with Crippen molar-refractivity contribution < 1.29 is 8.42 Å². The van der Waals surface area contributed by atoms with Crippen LogP contribution in [0.2, 0.25) is 5.02 Å². The van der Waals surface area contributed by atoms with Crippen LogP contribution >= 0.6 is 11.6 Å². The van der Waals surface area contributed by atoms with E-state index in [4.69, 9.17) is 16.9 Å². The Balaban J connectivity index is 2.91. The second kappa shape index (κ2) is 4.45. The fraction of sp³-hybridized carbons (Fsp3) is 0.222. The summed E-state index contributed by atoms with van der Waals surface area (Å²) < 4.78 is 22.5. The zero-order chi connectivity index (χ0) is 10.6. The highest BCUT2D eigenvalue weighted by molar-refractivity contribution is 7.90. The van der Waals surface area contributed by atoms with Gasteiger partial charge in [0, 0.05) is 5.02 Å². The number of nitriles is 1. The molecule has 0 aliphatic rings. The van der Waals surface area contributed by atoms with E-state index < -0.39 is 15.6 Å². The maximum absolute atomic E-state index is 11.3. The number of halogens is 1. The minimum absolute atomic E-state index is 0.180. The first kappa shape index (κ1) is 11.0. The van der Waals surface area contributed by atoms with Gasteiger partial charge in [-0.3, -0.25) is 0 Å². The summed E-state index contributed by atoms with van der Waals surface area (Å²) in [5, 5.41) is 8.70. The lowest BCUT2D eigenvalue weighted by Gasteiger charge is -2.02. The standard InChI is InChI=1S/C9H8ClNO2S/c10-9-4-2-1-3-8(9)7-14(12,13)6-5-11/h1-4H,6-7H2. The molecule has 1 rings (SSSR count). The molecule has 14 heavy (non-hydrogen) atoms. The van der Waals surface area contributed by atoms with E-state index in [-0.39, 0.29) is 5.75 Å². The van der Waals surface area contributed by atoms with E-state index in [2.05, 4.69) is 0 Å². The van der Waals surface area contributed by atoms with Crippen molar-refractivity contribution in [1.82, 2.24) is 0 Å². The Bertz CT molecular complexity index is 462. The van der Waals surface area contributed by atoms with Crippen LogP contribution in [0.5, 0.6) is 0 Å². The van der Waals surface area contributed by atoms with Gasteiger partial charge in [0.25, 0.3) is 0 Å². The van der Waals surface area contributed by atoms with Gasteiger partial charge in [0.05, 0.1) is 11.8 Å². The van der Waals surface area contributed by atoms with Crippen molar-refractivity contribution in [3.63, 3.8) is 0 Å². The zero-order valence-electron chi connectivity index (χ0n) is 7.27. The summed E-state index contributed by atoms with van der Waals surface area (Å²) in [4.78, 5) is 0. The van der Waals surface area contributed by atoms with Crippen LogP contribution in [-0.2, 0) is 15.6 Å². The summed E-state index contributed by atoms with van der Waals surface area (Å²) in [5.41, 5.74) is 0.532. The van der Waals surface area contributed by atoms with Gasteiger partial charge in [-0.1, -0.05) is 29.8 Å². The predicted octanol–water partition coefficient (Wildman–Crippen LogP) is 1.78. The van der Waals surface area contributed by atoms with Crippen molar-refractivity contribution in [3.05, 3.63) is 34.9 Å². The van der Waals surface area contributed by atoms with Crippen molar-refractivity contribution in [1.29, 1.82) is 5.26 Å². The van der Waals surface area contributed by atoms with Crippen LogP contribution < -0.4 is 0 Å². The first-order valence-electron chi connectivity index (χ1n) is 3.86. The molecule has 0 atom stereocenters. The Labute approximate surface area is 87.8 Å². The summed E-state index contributed by atoms with van der Waals surface area (Å²) in [6.07, 6.45) is 0. The largest absolute Gasteiger partial charge is 0.227 e. The van der Waals surface area contributed by atoms with E-state index in [1.54, 1.807) is 30.3 Å². The summed E-state index contributed by atoms with van der Waals surface area (Å²) in [6, 6.07) is 8.31. The quantitative estimate of drug-likeness (QED) is 0.794. The Hall–Kier alpha value is -1.05. The summed E-state index contributed by atoms with van der Waals surface area (Å²) in [7, 11) is -3.35. The zero-order valence-corrected chi connectivity index (χ0v) is 8.85. The number of nitrogens with zero attached hydrogens (tertiary/aromatic N) is 1. The average Bonchev–Trinajstić information content (AvgIpc) is 2.08. The highest BCUT2D eigenvalue weighted by atomic mass is 35.5. The maximum Gasteiger partial charge on any atom is 0.167 e. The highest BCUT2D eigenvalue weighted by Gasteiger charge is 2.12. The normalized spacial score (nSPS) is 10.9. The van der Waals surface area contributed by atoms with E-state index in [1.807, 2.05) is 0 Å². The van der Waals surface area contributed by atoms with E-state index in [9.17, 15) is 8.42 Å². The van der Waals surface area contributed by atoms with Gasteiger partial charge < -0.3 is 0 Å². The molecule has 0 N–H and O–H groups in total. The smallest absolute Gasteiger partial charge is 0.167 e. The van der Waals surface area contributed by atoms with E-state index in [0.29, 0.717) is 10.6 Å². The lowest BCUT2D eigenvalue weighted by molar-refractivity contribution is 0.598. The van der Waals surface area contributed by atoms with Crippen LogP contribution in [0.4, 0.5) is 0 Å². The molecule has 0 aromatic heterocycles. The molecule has 0 radical (unpaired) electrons. The first-order valence-corrected chi connectivity index (χ1v) is 6.06. The average molecular weight is 230 g/mol. The summed E-state index contributed by atoms with van der Waals surface area (Å²) in [5.74, 6) is -0.654. The van der Waals surface area contributed by atoms with Crippen LogP contribution in [0.3, 0.4) is 0 Å². The molecule has 0 fully saturated rings. The molecule has 0 aliphatic carbocycles. The molecule has 0 saturated heterocycles. The molecule has 1 aromatic rings. The van der Waals surface area contributed by atoms with E-state index >= 15 is 0 Å². The van der Waals surface area contributed by atoms with Crippen LogP contribution in [0.15, 0.2) is 24.3 Å². The lowest BCUT2D eigenvalue weighted by atomic mass is 10.2. The van der Waals surface area contributed by atoms with Crippen LogP contribution in [0.1, 0.15) is 5.56 Å². The molecule has 0 spiro atoms. The van der Waals surface area contributed by atoms with Crippen molar-refractivity contribution in [3.8, 4) is 6.07 Å². The Morgan fingerprint density at radius 3 is 2.57 bits per heavy atom. The van der Waals surface area contributed by atoms with Gasteiger partial charge in [-0.05, 0) is 11.6 Å². The first-order chi connectivity index (χ1) is 6.55. The minimum Gasteiger partial charge on any atom is -0.227 e. The second-order valence-corrected chi connectivity index (χ2v) is 5.25. The number of hydrogen-bond donors (Lipinski definition) is 0. The van der Waals surface area contributed by atoms with Gasteiger partial charge in [0.1, 0.15) is 5.75 Å². The van der Waals surface area contributed by atoms with E-state index in [0.717, 1.165) is 0 Å². The van der Waals surface area contributed by atoms with Gasteiger partial charge >= 0.3 is 0 Å². The van der Waals surface area contributed by atoms with Crippen molar-refractivity contribution in [2.75, 3.05) is 5.75 Å². The molecular weight excluding hydrogens is 222 g/mol. The number of hydrogen-bond acceptors (Lipinski definition) is 3. The van der Waals surface area contributed by atoms with Crippen molar-refractivity contribution in [2.24, 2.45) is 0 Å². The lowest BCUT2D eigenvalue weighted by Crippen LogP contribution is -2.07. The third kappa shape index (κ3) is 3.02. The second-order valence-electron chi connectivity index (χ2n) is 2.78. The molecule has 0 amide bonds. The molecule has 0 unspecified atom stereocenters. The maximum atomic E-state index is 11.3. The molecular formula is C9H8ClNO2S. The summed E-state index contributed by atoms with van der Waals surface area (Å²) >= 11 is 5.78.